The molecular formula is C8H20SSi2. The lowest BCUT2D eigenvalue weighted by molar-refractivity contribution is 1.30. The van der Waals surface area contributed by atoms with Gasteiger partial charge in [0, 0.05) is 9.75 Å². The summed E-state index contributed by atoms with van der Waals surface area (Å²) in [4.78, 5) is 2.18. The van der Waals surface area contributed by atoms with E-state index in [-0.39, 0.29) is 0 Å². The standard InChI is InChI=1S/C8H20SSi2/c1-10(2,3)7-8(9-7)11(4,5)6/h7-8H,1-6H3. The molecule has 2 atom stereocenters. The molecule has 1 saturated heterocycles. The summed E-state index contributed by atoms with van der Waals surface area (Å²) in [5.74, 6) is 0. The van der Waals surface area contributed by atoms with Gasteiger partial charge in [-0.3, -0.25) is 0 Å². The molecule has 0 nitrogen and oxygen atoms in total. The molecular weight excluding hydrogens is 184 g/mol. The second-order valence-corrected chi connectivity index (χ2v) is 18.5. The quantitative estimate of drug-likeness (QED) is 0.492. The maximum absolute atomic E-state index is 2.50. The monoisotopic (exact) mass is 204 g/mol. The summed E-state index contributed by atoms with van der Waals surface area (Å²) in [5, 5.41) is 0. The van der Waals surface area contributed by atoms with Crippen LogP contribution in [-0.4, -0.2) is 25.9 Å². The van der Waals surface area contributed by atoms with Crippen molar-refractivity contribution in [3.63, 3.8) is 0 Å². The Kier molecular flexibility index (Phi) is 2.37. The fourth-order valence-corrected chi connectivity index (χ4v) is 13.5. The highest BCUT2D eigenvalue weighted by Gasteiger charge is 2.53. The molecule has 1 fully saturated rings. The molecule has 2 unspecified atom stereocenters. The zero-order chi connectivity index (χ0) is 8.86. The van der Waals surface area contributed by atoms with E-state index < -0.39 is 16.1 Å². The van der Waals surface area contributed by atoms with Crippen LogP contribution in [0.1, 0.15) is 0 Å². The maximum Gasteiger partial charge on any atom is 0.0597 e. The predicted octanol–water partition coefficient (Wildman–Crippen LogP) is 3.23. The molecule has 11 heavy (non-hydrogen) atoms. The Bertz CT molecular complexity index is 136. The number of thioether (sulfide) groups is 1. The van der Waals surface area contributed by atoms with Gasteiger partial charge in [0.1, 0.15) is 0 Å². The largest absolute Gasteiger partial charge is 0.160 e. The lowest BCUT2D eigenvalue weighted by Crippen LogP contribution is -2.38. The fourth-order valence-electron chi connectivity index (χ4n) is 1.43. The molecule has 0 aromatic rings. The Morgan fingerprint density at radius 2 is 1.00 bits per heavy atom. The van der Waals surface area contributed by atoms with Crippen LogP contribution in [0.4, 0.5) is 0 Å². The van der Waals surface area contributed by atoms with Gasteiger partial charge in [0.2, 0.25) is 0 Å². The van der Waals surface area contributed by atoms with Crippen LogP contribution in [0.3, 0.4) is 0 Å². The summed E-state index contributed by atoms with van der Waals surface area (Å²) in [6.07, 6.45) is 0. The second kappa shape index (κ2) is 2.64. The lowest BCUT2D eigenvalue weighted by atomic mass is 10.9. The molecule has 66 valence electrons. The predicted molar refractivity (Wildman–Crippen MR) is 61.9 cm³/mol. The van der Waals surface area contributed by atoms with Crippen LogP contribution in [0.2, 0.25) is 39.3 Å². The fraction of sp³-hybridized carbons (Fsp3) is 1.00. The van der Waals surface area contributed by atoms with Gasteiger partial charge in [-0.1, -0.05) is 39.3 Å². The molecule has 0 aromatic carbocycles. The average molecular weight is 204 g/mol. The van der Waals surface area contributed by atoms with Crippen molar-refractivity contribution >= 4 is 27.9 Å². The minimum absolute atomic E-state index is 0.799. The minimum atomic E-state index is -0.799. The van der Waals surface area contributed by atoms with Crippen molar-refractivity contribution in [2.24, 2.45) is 0 Å². The van der Waals surface area contributed by atoms with Gasteiger partial charge in [-0.25, -0.2) is 0 Å². The molecule has 0 spiro atoms. The van der Waals surface area contributed by atoms with Gasteiger partial charge < -0.3 is 0 Å². The molecule has 3 heteroatoms. The van der Waals surface area contributed by atoms with E-state index in [0.29, 0.717) is 0 Å². The van der Waals surface area contributed by atoms with Crippen molar-refractivity contribution in [3.05, 3.63) is 0 Å². The number of rotatable bonds is 2. The van der Waals surface area contributed by atoms with Gasteiger partial charge in [0.15, 0.2) is 0 Å². The van der Waals surface area contributed by atoms with Gasteiger partial charge in [-0.2, -0.15) is 11.8 Å². The van der Waals surface area contributed by atoms with E-state index in [0.717, 1.165) is 9.75 Å². The van der Waals surface area contributed by atoms with Crippen molar-refractivity contribution in [3.8, 4) is 0 Å². The topological polar surface area (TPSA) is 0 Å². The van der Waals surface area contributed by atoms with Gasteiger partial charge in [-0.05, 0) is 0 Å². The summed E-state index contributed by atoms with van der Waals surface area (Å²) in [6.45, 7) is 15.0. The second-order valence-electron chi connectivity index (χ2n) is 5.71. The Morgan fingerprint density at radius 1 is 0.727 bits per heavy atom. The van der Waals surface area contributed by atoms with Crippen LogP contribution >= 0.6 is 11.8 Å². The first-order valence-corrected chi connectivity index (χ1v) is 12.5. The van der Waals surface area contributed by atoms with E-state index >= 15 is 0 Å². The normalized spacial score (nSPS) is 32.2. The lowest BCUT2D eigenvalue weighted by Gasteiger charge is -2.19. The van der Waals surface area contributed by atoms with Gasteiger partial charge in [0.25, 0.3) is 0 Å². The van der Waals surface area contributed by atoms with Crippen LogP contribution in [0, 0.1) is 0 Å². The summed E-state index contributed by atoms with van der Waals surface area (Å²) >= 11 is 2.27. The number of hydrogen-bond donors (Lipinski definition) is 0. The van der Waals surface area contributed by atoms with Crippen LogP contribution in [-0.2, 0) is 0 Å². The van der Waals surface area contributed by atoms with Crippen LogP contribution in [0.25, 0.3) is 0 Å². The van der Waals surface area contributed by atoms with E-state index in [4.69, 9.17) is 0 Å². The van der Waals surface area contributed by atoms with Crippen LogP contribution in [0.5, 0.6) is 0 Å². The zero-order valence-electron chi connectivity index (χ0n) is 8.56. The molecule has 0 saturated carbocycles. The van der Waals surface area contributed by atoms with Crippen molar-refractivity contribution in [2.75, 3.05) is 0 Å². The van der Waals surface area contributed by atoms with Gasteiger partial charge in [0.05, 0.1) is 16.1 Å². The average Bonchev–Trinajstić information content (AvgIpc) is 2.30. The molecule has 0 aromatic heterocycles. The smallest absolute Gasteiger partial charge is 0.0597 e. The van der Waals surface area contributed by atoms with Gasteiger partial charge in [-0.15, -0.1) is 0 Å². The highest BCUT2D eigenvalue weighted by atomic mass is 32.2. The van der Waals surface area contributed by atoms with E-state index in [2.05, 4.69) is 51.0 Å². The third kappa shape index (κ3) is 2.36. The van der Waals surface area contributed by atoms with Crippen molar-refractivity contribution in [1.29, 1.82) is 0 Å². The van der Waals surface area contributed by atoms with E-state index in [1.54, 1.807) is 0 Å². The van der Waals surface area contributed by atoms with E-state index in [1.807, 2.05) is 0 Å². The first kappa shape index (κ1) is 9.87. The maximum atomic E-state index is 2.50. The Labute approximate surface area is 77.2 Å². The summed E-state index contributed by atoms with van der Waals surface area (Å²) in [5.41, 5.74) is 0. The molecule has 0 aliphatic carbocycles. The summed E-state index contributed by atoms with van der Waals surface area (Å²) in [6, 6.07) is 0. The van der Waals surface area contributed by atoms with Crippen molar-refractivity contribution < 1.29 is 0 Å². The van der Waals surface area contributed by atoms with Gasteiger partial charge >= 0.3 is 0 Å². The third-order valence-electron chi connectivity index (χ3n) is 2.20. The minimum Gasteiger partial charge on any atom is -0.160 e. The Morgan fingerprint density at radius 3 is 1.09 bits per heavy atom. The molecule has 1 aliphatic rings. The van der Waals surface area contributed by atoms with Crippen LogP contribution < -0.4 is 0 Å². The zero-order valence-corrected chi connectivity index (χ0v) is 11.4. The first-order valence-electron chi connectivity index (χ1n) is 4.38. The molecule has 0 N–H and O–H groups in total. The number of hydrogen-bond acceptors (Lipinski definition) is 1. The molecule has 0 bridgehead atoms. The van der Waals surface area contributed by atoms with E-state index in [9.17, 15) is 0 Å². The van der Waals surface area contributed by atoms with Crippen molar-refractivity contribution in [2.45, 2.75) is 49.0 Å². The summed E-state index contributed by atoms with van der Waals surface area (Å²) in [7, 11) is -1.60. The molecule has 1 rings (SSSR count). The third-order valence-corrected chi connectivity index (χ3v) is 13.0. The highest BCUT2D eigenvalue weighted by molar-refractivity contribution is 8.11. The molecule has 1 aliphatic heterocycles. The molecule has 1 heterocycles. The Balaban J connectivity index is 2.51. The SMILES string of the molecule is C[Si](C)(C)C1SC1[Si](C)(C)C. The highest BCUT2D eigenvalue weighted by Crippen LogP contribution is 2.51. The first-order chi connectivity index (χ1) is 4.73. The molecule has 0 radical (unpaired) electrons. The van der Waals surface area contributed by atoms with Crippen molar-refractivity contribution in [1.82, 2.24) is 0 Å². The summed E-state index contributed by atoms with van der Waals surface area (Å²) < 4.78 is 0. The Hall–Kier alpha value is 0.784. The molecule has 0 amide bonds. The van der Waals surface area contributed by atoms with Crippen LogP contribution in [0.15, 0.2) is 0 Å². The van der Waals surface area contributed by atoms with E-state index in [1.165, 1.54) is 0 Å².